The molecule has 4 nitrogen and oxygen atoms in total. The van der Waals surface area contributed by atoms with Crippen LogP contribution < -0.4 is 10.1 Å². The molecule has 0 atom stereocenters. The highest BCUT2D eigenvalue weighted by molar-refractivity contribution is 6.18. The zero-order chi connectivity index (χ0) is 17.6. The number of hydrogen-bond donors (Lipinski definition) is 1. The highest BCUT2D eigenvalue weighted by Gasteiger charge is 2.42. The number of fused-ring (bicyclic) bond motifs is 4. The molecular weight excluding hydrogens is 331 g/mol. The number of aliphatic imine (C=N–C) groups is 1. The van der Waals surface area contributed by atoms with Crippen LogP contribution in [0.1, 0.15) is 5.56 Å². The first-order valence-corrected chi connectivity index (χ1v) is 7.48. The molecule has 1 aromatic heterocycles. The third kappa shape index (κ3) is 2.48. The summed E-state index contributed by atoms with van der Waals surface area (Å²) in [5, 5.41) is 3.65. The average molecular weight is 343 g/mol. The van der Waals surface area contributed by atoms with Crippen LogP contribution in [-0.4, -0.2) is 24.0 Å². The van der Waals surface area contributed by atoms with Gasteiger partial charge in [0.15, 0.2) is 5.71 Å². The minimum Gasteiger partial charge on any atom is -0.480 e. The van der Waals surface area contributed by atoms with E-state index >= 15 is 0 Å². The molecule has 4 rings (SSSR count). The number of aromatic nitrogens is 1. The van der Waals surface area contributed by atoms with Gasteiger partial charge >= 0.3 is 6.18 Å². The van der Waals surface area contributed by atoms with Gasteiger partial charge in [-0.1, -0.05) is 30.3 Å². The smallest absolute Gasteiger partial charge is 0.434 e. The van der Waals surface area contributed by atoms with Gasteiger partial charge in [0, 0.05) is 5.39 Å². The number of rotatable bonds is 1. The first-order valence-electron chi connectivity index (χ1n) is 7.48. The first-order chi connectivity index (χ1) is 12.0. The van der Waals surface area contributed by atoms with Crippen LogP contribution in [0.15, 0.2) is 53.5 Å². The average Bonchev–Trinajstić information content (AvgIpc) is 2.78. The Morgan fingerprint density at radius 1 is 1.00 bits per heavy atom. The van der Waals surface area contributed by atoms with Crippen LogP contribution in [0.2, 0.25) is 0 Å². The van der Waals surface area contributed by atoms with Gasteiger partial charge in [0.05, 0.1) is 35.3 Å². The summed E-state index contributed by atoms with van der Waals surface area (Å²) in [4.78, 5) is 8.11. The predicted octanol–water partition coefficient (Wildman–Crippen LogP) is 4.98. The lowest BCUT2D eigenvalue weighted by Gasteiger charge is -2.17. The van der Waals surface area contributed by atoms with Gasteiger partial charge in [-0.15, -0.1) is 0 Å². The van der Waals surface area contributed by atoms with E-state index in [1.165, 1.54) is 13.2 Å². The zero-order valence-electron chi connectivity index (χ0n) is 13.1. The molecule has 1 aliphatic rings. The molecule has 1 N–H and O–H groups in total. The number of alkyl halides is 3. The van der Waals surface area contributed by atoms with E-state index in [2.05, 4.69) is 15.3 Å². The summed E-state index contributed by atoms with van der Waals surface area (Å²) >= 11 is 0. The largest absolute Gasteiger partial charge is 0.480 e. The van der Waals surface area contributed by atoms with Gasteiger partial charge in [-0.2, -0.15) is 13.2 Å². The lowest BCUT2D eigenvalue weighted by atomic mass is 10.0. The summed E-state index contributed by atoms with van der Waals surface area (Å²) in [6.45, 7) is 0. The van der Waals surface area contributed by atoms with Crippen molar-refractivity contribution >= 4 is 33.7 Å². The van der Waals surface area contributed by atoms with Gasteiger partial charge in [0.1, 0.15) is 0 Å². The van der Waals surface area contributed by atoms with Gasteiger partial charge in [-0.3, -0.25) is 0 Å². The Morgan fingerprint density at radius 2 is 1.72 bits per heavy atom. The zero-order valence-corrected chi connectivity index (χ0v) is 13.1. The van der Waals surface area contributed by atoms with Crippen LogP contribution in [0.5, 0.6) is 5.88 Å². The lowest BCUT2D eigenvalue weighted by molar-refractivity contribution is -0.0580. The summed E-state index contributed by atoms with van der Waals surface area (Å²) in [5.74, 6) is -0.120. The van der Waals surface area contributed by atoms with E-state index in [1.54, 1.807) is 42.5 Å². The summed E-state index contributed by atoms with van der Waals surface area (Å²) in [7, 11) is 1.30. The third-order valence-electron chi connectivity index (χ3n) is 3.95. The summed E-state index contributed by atoms with van der Waals surface area (Å²) < 4.78 is 46.5. The fourth-order valence-electron chi connectivity index (χ4n) is 2.88. The van der Waals surface area contributed by atoms with Crippen molar-refractivity contribution in [2.75, 3.05) is 12.4 Å². The second-order valence-electron chi connectivity index (χ2n) is 5.49. The van der Waals surface area contributed by atoms with Crippen molar-refractivity contribution < 1.29 is 17.9 Å². The van der Waals surface area contributed by atoms with Crippen molar-refractivity contribution in [3.63, 3.8) is 0 Å². The second-order valence-corrected chi connectivity index (χ2v) is 5.49. The number of anilines is 2. The topological polar surface area (TPSA) is 46.5 Å². The molecule has 3 aromatic rings. The van der Waals surface area contributed by atoms with Crippen LogP contribution >= 0.6 is 0 Å². The normalized spacial score (nSPS) is 13.4. The standard InChI is InChI=1S/C18H12F3N3O/c1-25-17-14-15(10-6-2-3-7-11(10)24-17)22-12-8-4-5-9-13(12)23-16(14)18(19,20)21/h2-9,22H,1H3. The van der Waals surface area contributed by atoms with Crippen LogP contribution in [0.3, 0.4) is 0 Å². The quantitative estimate of drug-likeness (QED) is 0.677. The molecule has 25 heavy (non-hydrogen) atoms. The number of para-hydroxylation sites is 3. The molecule has 126 valence electrons. The number of methoxy groups -OCH3 is 1. The molecule has 0 radical (unpaired) electrons. The van der Waals surface area contributed by atoms with Crippen molar-refractivity contribution in [3.8, 4) is 5.88 Å². The van der Waals surface area contributed by atoms with E-state index in [9.17, 15) is 13.2 Å². The van der Waals surface area contributed by atoms with E-state index in [0.717, 1.165) is 0 Å². The molecule has 0 spiro atoms. The van der Waals surface area contributed by atoms with E-state index in [-0.39, 0.29) is 22.8 Å². The lowest BCUT2D eigenvalue weighted by Crippen LogP contribution is -2.25. The molecule has 0 fully saturated rings. The number of hydrogen-bond acceptors (Lipinski definition) is 4. The number of pyridine rings is 1. The fourth-order valence-corrected chi connectivity index (χ4v) is 2.88. The Hall–Kier alpha value is -3.09. The Bertz CT molecular complexity index is 1010. The van der Waals surface area contributed by atoms with E-state index in [1.807, 2.05) is 0 Å². The van der Waals surface area contributed by atoms with Gasteiger partial charge in [-0.25, -0.2) is 9.98 Å². The van der Waals surface area contributed by atoms with E-state index < -0.39 is 11.9 Å². The molecule has 7 heteroatoms. The Morgan fingerprint density at radius 3 is 2.48 bits per heavy atom. The van der Waals surface area contributed by atoms with Crippen molar-refractivity contribution in [1.82, 2.24) is 4.98 Å². The summed E-state index contributed by atoms with van der Waals surface area (Å²) in [5.41, 5.74) is 0.286. The SMILES string of the molecule is COc1nc2ccccc2c2c1C(C(F)(F)F)=Nc1ccccc1N2. The molecular formula is C18H12F3N3O. The van der Waals surface area contributed by atoms with Gasteiger partial charge < -0.3 is 10.1 Å². The van der Waals surface area contributed by atoms with Crippen LogP contribution in [-0.2, 0) is 0 Å². The van der Waals surface area contributed by atoms with Crippen LogP contribution in [0.4, 0.5) is 30.2 Å². The highest BCUT2D eigenvalue weighted by Crippen LogP contribution is 2.43. The number of nitrogens with one attached hydrogen (secondary N) is 1. The molecule has 2 aromatic carbocycles. The number of halogens is 3. The Balaban J connectivity index is 2.15. The molecule has 2 heterocycles. The second kappa shape index (κ2) is 5.47. The van der Waals surface area contributed by atoms with E-state index in [0.29, 0.717) is 16.6 Å². The highest BCUT2D eigenvalue weighted by atomic mass is 19.4. The molecule has 1 aliphatic heterocycles. The number of ether oxygens (including phenoxy) is 1. The maximum atomic E-state index is 13.8. The van der Waals surface area contributed by atoms with Crippen molar-refractivity contribution in [1.29, 1.82) is 0 Å². The number of benzene rings is 2. The van der Waals surface area contributed by atoms with Gasteiger partial charge in [-0.05, 0) is 18.2 Å². The van der Waals surface area contributed by atoms with E-state index in [4.69, 9.17) is 4.74 Å². The maximum absolute atomic E-state index is 13.8. The molecule has 0 aliphatic carbocycles. The Labute approximate surface area is 141 Å². The minimum atomic E-state index is -4.66. The molecule has 0 saturated carbocycles. The third-order valence-corrected chi connectivity index (χ3v) is 3.95. The summed E-state index contributed by atoms with van der Waals surface area (Å²) in [6, 6.07) is 13.5. The van der Waals surface area contributed by atoms with Crippen LogP contribution in [0.25, 0.3) is 10.9 Å². The molecule has 0 unspecified atom stereocenters. The minimum absolute atomic E-state index is 0.120. The van der Waals surface area contributed by atoms with Crippen molar-refractivity contribution in [3.05, 3.63) is 54.1 Å². The molecule has 0 bridgehead atoms. The molecule has 0 saturated heterocycles. The Kier molecular flexibility index (Phi) is 3.38. The predicted molar refractivity (Wildman–Crippen MR) is 90.3 cm³/mol. The summed E-state index contributed by atoms with van der Waals surface area (Å²) in [6.07, 6.45) is -4.66. The van der Waals surface area contributed by atoms with Gasteiger partial charge in [0.25, 0.3) is 0 Å². The first kappa shape index (κ1) is 15.4. The monoisotopic (exact) mass is 343 g/mol. The maximum Gasteiger partial charge on any atom is 0.434 e. The fraction of sp³-hybridized carbons (Fsp3) is 0.111. The van der Waals surface area contributed by atoms with Gasteiger partial charge in [0.2, 0.25) is 5.88 Å². The van der Waals surface area contributed by atoms with Crippen molar-refractivity contribution in [2.24, 2.45) is 4.99 Å². The van der Waals surface area contributed by atoms with Crippen LogP contribution in [0, 0.1) is 0 Å². The number of nitrogens with zero attached hydrogens (tertiary/aromatic N) is 2. The van der Waals surface area contributed by atoms with Crippen molar-refractivity contribution in [2.45, 2.75) is 6.18 Å². The molecule has 0 amide bonds.